The van der Waals surface area contributed by atoms with Gasteiger partial charge in [0.05, 0.1) is 5.25 Å². The molecular weight excluding hydrogens is 278 g/mol. The summed E-state index contributed by atoms with van der Waals surface area (Å²) in [7, 11) is 0. The van der Waals surface area contributed by atoms with Crippen molar-refractivity contribution >= 4 is 29.6 Å². The highest BCUT2D eigenvalue weighted by Gasteiger charge is 2.48. The Balaban J connectivity index is 1.59. The largest absolute Gasteiger partial charge is 0.342 e. The van der Waals surface area contributed by atoms with Crippen LogP contribution in [-0.2, 0) is 9.59 Å². The standard InChI is InChI=1S/C13H19N3O3S/c17-10(9-3-1-2-8-20-9)16-6-4-13(5-7-16)11(18)14-12(19)15-13/h9H,1-8H2,(H2,14,15,18,19). The first-order chi connectivity index (χ1) is 9.61. The molecule has 6 nitrogen and oxygen atoms in total. The van der Waals surface area contributed by atoms with E-state index in [4.69, 9.17) is 0 Å². The minimum atomic E-state index is -0.784. The van der Waals surface area contributed by atoms with E-state index in [1.807, 2.05) is 4.90 Å². The normalized spacial score (nSPS) is 29.2. The number of thioether (sulfide) groups is 1. The Labute approximate surface area is 122 Å². The van der Waals surface area contributed by atoms with E-state index in [0.717, 1.165) is 18.6 Å². The van der Waals surface area contributed by atoms with E-state index in [1.165, 1.54) is 6.42 Å². The Hall–Kier alpha value is -1.24. The van der Waals surface area contributed by atoms with E-state index in [-0.39, 0.29) is 17.1 Å². The molecular formula is C13H19N3O3S. The highest BCUT2D eigenvalue weighted by molar-refractivity contribution is 8.00. The molecule has 0 aromatic rings. The quantitative estimate of drug-likeness (QED) is 0.690. The van der Waals surface area contributed by atoms with Crippen molar-refractivity contribution < 1.29 is 14.4 Å². The van der Waals surface area contributed by atoms with Crippen LogP contribution in [-0.4, -0.2) is 52.4 Å². The molecule has 1 unspecified atom stereocenters. The Kier molecular flexibility index (Phi) is 3.62. The molecule has 0 radical (unpaired) electrons. The van der Waals surface area contributed by atoms with Gasteiger partial charge in [-0.3, -0.25) is 14.9 Å². The van der Waals surface area contributed by atoms with Gasteiger partial charge in [-0.1, -0.05) is 6.42 Å². The molecule has 1 atom stereocenters. The van der Waals surface area contributed by atoms with E-state index in [1.54, 1.807) is 11.8 Å². The van der Waals surface area contributed by atoms with Crippen LogP contribution in [0, 0.1) is 0 Å². The van der Waals surface area contributed by atoms with Crippen LogP contribution >= 0.6 is 11.8 Å². The third-order valence-electron chi connectivity index (χ3n) is 4.40. The van der Waals surface area contributed by atoms with E-state index >= 15 is 0 Å². The van der Waals surface area contributed by atoms with Gasteiger partial charge in [0.1, 0.15) is 5.54 Å². The summed E-state index contributed by atoms with van der Waals surface area (Å²) < 4.78 is 0. The van der Waals surface area contributed by atoms with Crippen molar-refractivity contribution in [2.24, 2.45) is 0 Å². The highest BCUT2D eigenvalue weighted by atomic mass is 32.2. The number of carbonyl (C=O) groups excluding carboxylic acids is 3. The minimum Gasteiger partial charge on any atom is -0.342 e. The van der Waals surface area contributed by atoms with Crippen LogP contribution in [0.1, 0.15) is 32.1 Å². The molecule has 0 saturated carbocycles. The summed E-state index contributed by atoms with van der Waals surface area (Å²) in [5.74, 6) is 1.02. The molecule has 3 aliphatic heterocycles. The summed E-state index contributed by atoms with van der Waals surface area (Å²) in [6.07, 6.45) is 4.30. The van der Waals surface area contributed by atoms with E-state index in [9.17, 15) is 14.4 Å². The van der Waals surface area contributed by atoms with Crippen LogP contribution in [0.25, 0.3) is 0 Å². The number of likely N-dealkylation sites (tertiary alicyclic amines) is 1. The molecule has 0 aromatic heterocycles. The third kappa shape index (κ3) is 2.39. The predicted octanol–water partition coefficient (Wildman–Crippen LogP) is 0.473. The summed E-state index contributed by atoms with van der Waals surface area (Å²) >= 11 is 1.75. The lowest BCUT2D eigenvalue weighted by molar-refractivity contribution is -0.135. The van der Waals surface area contributed by atoms with Crippen molar-refractivity contribution in [3.63, 3.8) is 0 Å². The second kappa shape index (κ2) is 5.27. The van der Waals surface area contributed by atoms with Crippen LogP contribution in [0.15, 0.2) is 0 Å². The number of rotatable bonds is 1. The van der Waals surface area contributed by atoms with Crippen molar-refractivity contribution in [2.45, 2.75) is 42.9 Å². The molecule has 3 heterocycles. The SMILES string of the molecule is O=C1NC(=O)C2(CCN(C(=O)C3CCCCS3)CC2)N1. The molecule has 3 rings (SSSR count). The van der Waals surface area contributed by atoms with Gasteiger partial charge in [0.2, 0.25) is 5.91 Å². The Bertz CT molecular complexity index is 440. The van der Waals surface area contributed by atoms with Gasteiger partial charge in [0.15, 0.2) is 0 Å². The van der Waals surface area contributed by atoms with Gasteiger partial charge < -0.3 is 10.2 Å². The number of hydrogen-bond acceptors (Lipinski definition) is 4. The van der Waals surface area contributed by atoms with Gasteiger partial charge in [0.25, 0.3) is 5.91 Å². The minimum absolute atomic E-state index is 0.0878. The van der Waals surface area contributed by atoms with Crippen molar-refractivity contribution in [3.8, 4) is 0 Å². The molecule has 110 valence electrons. The van der Waals surface area contributed by atoms with Gasteiger partial charge in [-0.05, 0) is 31.4 Å². The van der Waals surface area contributed by atoms with Crippen LogP contribution in [0.5, 0.6) is 0 Å². The van der Waals surface area contributed by atoms with Crippen molar-refractivity contribution in [2.75, 3.05) is 18.8 Å². The summed E-state index contributed by atoms with van der Waals surface area (Å²) in [5.41, 5.74) is -0.784. The zero-order chi connectivity index (χ0) is 14.2. The number of urea groups is 1. The Morgan fingerprint density at radius 3 is 2.55 bits per heavy atom. The average molecular weight is 297 g/mol. The maximum Gasteiger partial charge on any atom is 0.322 e. The fourth-order valence-corrected chi connectivity index (χ4v) is 4.41. The highest BCUT2D eigenvalue weighted by Crippen LogP contribution is 2.30. The molecule has 0 aromatic carbocycles. The summed E-state index contributed by atoms with van der Waals surface area (Å²) in [4.78, 5) is 37.4. The lowest BCUT2D eigenvalue weighted by Crippen LogP contribution is -2.56. The van der Waals surface area contributed by atoms with E-state index in [2.05, 4.69) is 10.6 Å². The first kappa shape index (κ1) is 13.7. The predicted molar refractivity (Wildman–Crippen MR) is 75.3 cm³/mol. The van der Waals surface area contributed by atoms with Crippen molar-refractivity contribution in [1.82, 2.24) is 15.5 Å². The molecule has 20 heavy (non-hydrogen) atoms. The van der Waals surface area contributed by atoms with Crippen LogP contribution in [0.2, 0.25) is 0 Å². The van der Waals surface area contributed by atoms with Crippen LogP contribution in [0.3, 0.4) is 0 Å². The second-order valence-corrected chi connectivity index (χ2v) is 6.98. The third-order valence-corrected chi connectivity index (χ3v) is 5.76. The Morgan fingerprint density at radius 1 is 1.25 bits per heavy atom. The first-order valence-corrected chi connectivity index (χ1v) is 8.20. The first-order valence-electron chi connectivity index (χ1n) is 7.15. The Morgan fingerprint density at radius 2 is 2.00 bits per heavy atom. The van der Waals surface area contributed by atoms with Crippen molar-refractivity contribution in [3.05, 3.63) is 0 Å². The molecule has 3 saturated heterocycles. The second-order valence-electron chi connectivity index (χ2n) is 5.67. The van der Waals surface area contributed by atoms with Gasteiger partial charge in [-0.2, -0.15) is 0 Å². The van der Waals surface area contributed by atoms with Crippen LogP contribution < -0.4 is 10.6 Å². The zero-order valence-electron chi connectivity index (χ0n) is 11.3. The molecule has 2 N–H and O–H groups in total. The number of carbonyl (C=O) groups is 3. The monoisotopic (exact) mass is 297 g/mol. The molecule has 1 spiro atoms. The van der Waals surface area contributed by atoms with Crippen LogP contribution in [0.4, 0.5) is 4.79 Å². The summed E-state index contributed by atoms with van der Waals surface area (Å²) in [5, 5.41) is 5.09. The number of nitrogens with zero attached hydrogens (tertiary/aromatic N) is 1. The van der Waals surface area contributed by atoms with Gasteiger partial charge in [-0.15, -0.1) is 11.8 Å². The lowest BCUT2D eigenvalue weighted by Gasteiger charge is -2.38. The fraction of sp³-hybridized carbons (Fsp3) is 0.769. The average Bonchev–Trinajstić information content (AvgIpc) is 2.74. The van der Waals surface area contributed by atoms with Gasteiger partial charge in [-0.25, -0.2) is 4.79 Å². The maximum absolute atomic E-state index is 12.4. The molecule has 0 aliphatic carbocycles. The lowest BCUT2D eigenvalue weighted by atomic mass is 9.87. The summed E-state index contributed by atoms with van der Waals surface area (Å²) in [6, 6.07) is -0.419. The number of imide groups is 1. The number of hydrogen-bond donors (Lipinski definition) is 2. The molecule has 0 bridgehead atoms. The smallest absolute Gasteiger partial charge is 0.322 e. The molecule has 3 fully saturated rings. The van der Waals surface area contributed by atoms with Gasteiger partial charge >= 0.3 is 6.03 Å². The number of nitrogens with one attached hydrogen (secondary N) is 2. The fourth-order valence-electron chi connectivity index (χ4n) is 3.13. The maximum atomic E-state index is 12.4. The molecule has 3 aliphatic rings. The number of piperidine rings is 1. The van der Waals surface area contributed by atoms with Gasteiger partial charge in [0, 0.05) is 13.1 Å². The van der Waals surface area contributed by atoms with Crippen molar-refractivity contribution in [1.29, 1.82) is 0 Å². The van der Waals surface area contributed by atoms with E-state index < -0.39 is 11.6 Å². The number of amides is 4. The summed E-state index contributed by atoms with van der Waals surface area (Å²) in [6.45, 7) is 1.09. The molecule has 7 heteroatoms. The van der Waals surface area contributed by atoms with E-state index in [0.29, 0.717) is 25.9 Å². The topological polar surface area (TPSA) is 78.5 Å². The molecule has 4 amide bonds. The zero-order valence-corrected chi connectivity index (χ0v) is 12.1.